The maximum absolute atomic E-state index is 4.64. The second kappa shape index (κ2) is 4.10. The van der Waals surface area contributed by atoms with Crippen molar-refractivity contribution in [3.8, 4) is 0 Å². The molecule has 0 saturated carbocycles. The Morgan fingerprint density at radius 3 is 1.62 bits per heavy atom. The standard InChI is InChI=1S/C15H24S/c1-10-8-12(15(5,6)7)13(16)9-11(10)14(2,3)4/h8-9,16H,1-7H3. The van der Waals surface area contributed by atoms with Gasteiger partial charge in [0.05, 0.1) is 0 Å². The number of benzene rings is 1. The van der Waals surface area contributed by atoms with Crippen molar-refractivity contribution in [1.82, 2.24) is 0 Å². The fraction of sp³-hybridized carbons (Fsp3) is 0.600. The van der Waals surface area contributed by atoms with Gasteiger partial charge in [-0.2, -0.15) is 0 Å². The molecule has 0 aliphatic heterocycles. The first-order valence-corrected chi connectivity index (χ1v) is 6.33. The van der Waals surface area contributed by atoms with Crippen molar-refractivity contribution in [1.29, 1.82) is 0 Å². The quantitative estimate of drug-likeness (QED) is 0.610. The summed E-state index contributed by atoms with van der Waals surface area (Å²) in [5.74, 6) is 0. The Balaban J connectivity index is 3.40. The van der Waals surface area contributed by atoms with E-state index in [0.29, 0.717) is 0 Å². The predicted octanol–water partition coefficient (Wildman–Crippen LogP) is 4.88. The van der Waals surface area contributed by atoms with Gasteiger partial charge in [0.25, 0.3) is 0 Å². The molecule has 0 saturated heterocycles. The molecule has 0 bridgehead atoms. The van der Waals surface area contributed by atoms with E-state index in [1.165, 1.54) is 16.7 Å². The van der Waals surface area contributed by atoms with E-state index in [1.54, 1.807) is 0 Å². The van der Waals surface area contributed by atoms with Gasteiger partial charge >= 0.3 is 0 Å². The van der Waals surface area contributed by atoms with Crippen LogP contribution in [0.1, 0.15) is 58.2 Å². The summed E-state index contributed by atoms with van der Waals surface area (Å²) in [6, 6.07) is 4.53. The zero-order valence-corrected chi connectivity index (χ0v) is 12.5. The third kappa shape index (κ3) is 2.82. The van der Waals surface area contributed by atoms with Crippen LogP contribution in [0.4, 0.5) is 0 Å². The average molecular weight is 236 g/mol. The van der Waals surface area contributed by atoms with Crippen LogP contribution in [0.3, 0.4) is 0 Å². The molecule has 0 aromatic heterocycles. The van der Waals surface area contributed by atoms with Crippen LogP contribution in [0, 0.1) is 6.92 Å². The topological polar surface area (TPSA) is 0 Å². The molecular weight excluding hydrogens is 212 g/mol. The van der Waals surface area contributed by atoms with Crippen LogP contribution in [-0.4, -0.2) is 0 Å². The minimum absolute atomic E-state index is 0.165. The normalized spacial score (nSPS) is 13.0. The second-order valence-corrected chi connectivity index (χ2v) is 7.17. The number of thiol groups is 1. The van der Waals surface area contributed by atoms with Crippen molar-refractivity contribution in [3.05, 3.63) is 28.8 Å². The van der Waals surface area contributed by atoms with Crippen molar-refractivity contribution in [2.75, 3.05) is 0 Å². The van der Waals surface area contributed by atoms with Gasteiger partial charge < -0.3 is 0 Å². The van der Waals surface area contributed by atoms with Crippen molar-refractivity contribution >= 4 is 12.6 Å². The molecule has 90 valence electrons. The molecule has 0 unspecified atom stereocenters. The molecule has 0 heterocycles. The van der Waals surface area contributed by atoms with Gasteiger partial charge in [-0.25, -0.2) is 0 Å². The summed E-state index contributed by atoms with van der Waals surface area (Å²) >= 11 is 4.64. The lowest BCUT2D eigenvalue weighted by Gasteiger charge is -2.27. The summed E-state index contributed by atoms with van der Waals surface area (Å²) in [6.07, 6.45) is 0. The van der Waals surface area contributed by atoms with Crippen molar-refractivity contribution in [2.24, 2.45) is 0 Å². The van der Waals surface area contributed by atoms with Crippen molar-refractivity contribution < 1.29 is 0 Å². The monoisotopic (exact) mass is 236 g/mol. The zero-order valence-electron chi connectivity index (χ0n) is 11.6. The Hall–Kier alpha value is -0.430. The first-order valence-electron chi connectivity index (χ1n) is 5.88. The first-order chi connectivity index (χ1) is 7.03. The second-order valence-electron chi connectivity index (χ2n) is 6.68. The number of hydrogen-bond acceptors (Lipinski definition) is 1. The minimum Gasteiger partial charge on any atom is -0.143 e. The first kappa shape index (κ1) is 13.6. The third-order valence-corrected chi connectivity index (χ3v) is 3.33. The molecule has 0 atom stereocenters. The van der Waals surface area contributed by atoms with Gasteiger partial charge in [0.2, 0.25) is 0 Å². The molecule has 0 fully saturated rings. The van der Waals surface area contributed by atoms with E-state index < -0.39 is 0 Å². The molecule has 1 aromatic rings. The van der Waals surface area contributed by atoms with Crippen LogP contribution < -0.4 is 0 Å². The van der Waals surface area contributed by atoms with Gasteiger partial charge in [-0.3, -0.25) is 0 Å². The molecule has 0 amide bonds. The Kier molecular flexibility index (Phi) is 3.50. The summed E-state index contributed by atoms with van der Waals surface area (Å²) in [5.41, 5.74) is 4.46. The molecule has 0 aliphatic rings. The summed E-state index contributed by atoms with van der Waals surface area (Å²) < 4.78 is 0. The smallest absolute Gasteiger partial charge is 0.00805 e. The van der Waals surface area contributed by atoms with Gasteiger partial charge in [0.15, 0.2) is 0 Å². The SMILES string of the molecule is Cc1cc(C(C)(C)C)c(S)cc1C(C)(C)C. The third-order valence-electron chi connectivity index (χ3n) is 2.96. The van der Waals surface area contributed by atoms with E-state index >= 15 is 0 Å². The highest BCUT2D eigenvalue weighted by atomic mass is 32.1. The van der Waals surface area contributed by atoms with Crippen LogP contribution in [0.15, 0.2) is 17.0 Å². The maximum atomic E-state index is 4.64. The van der Waals surface area contributed by atoms with Crippen LogP contribution in [0.2, 0.25) is 0 Å². The van der Waals surface area contributed by atoms with Gasteiger partial charge in [0.1, 0.15) is 0 Å². The molecule has 1 rings (SSSR count). The molecule has 16 heavy (non-hydrogen) atoms. The molecule has 0 N–H and O–H groups in total. The summed E-state index contributed by atoms with van der Waals surface area (Å²) in [5, 5.41) is 0. The lowest BCUT2D eigenvalue weighted by molar-refractivity contribution is 0.562. The predicted molar refractivity (Wildman–Crippen MR) is 75.8 cm³/mol. The fourth-order valence-corrected chi connectivity index (χ4v) is 2.63. The summed E-state index contributed by atoms with van der Waals surface area (Å²) in [7, 11) is 0. The summed E-state index contributed by atoms with van der Waals surface area (Å²) in [4.78, 5) is 1.11. The van der Waals surface area contributed by atoms with E-state index in [0.717, 1.165) is 4.90 Å². The molecule has 0 nitrogen and oxygen atoms in total. The highest BCUT2D eigenvalue weighted by Gasteiger charge is 2.22. The molecule has 1 heteroatoms. The van der Waals surface area contributed by atoms with Gasteiger partial charge in [-0.15, -0.1) is 12.6 Å². The largest absolute Gasteiger partial charge is 0.143 e. The Bertz CT molecular complexity index is 349. The molecule has 0 spiro atoms. The van der Waals surface area contributed by atoms with Crippen LogP contribution in [0.25, 0.3) is 0 Å². The molecule has 0 radical (unpaired) electrons. The Labute approximate surface area is 106 Å². The van der Waals surface area contributed by atoms with Gasteiger partial charge in [0, 0.05) is 4.90 Å². The van der Waals surface area contributed by atoms with E-state index in [2.05, 4.69) is 73.2 Å². The highest BCUT2D eigenvalue weighted by Crippen LogP contribution is 2.34. The number of rotatable bonds is 0. The van der Waals surface area contributed by atoms with E-state index in [9.17, 15) is 0 Å². The molecule has 0 aliphatic carbocycles. The van der Waals surface area contributed by atoms with E-state index in [4.69, 9.17) is 0 Å². The van der Waals surface area contributed by atoms with Crippen LogP contribution >= 0.6 is 12.6 Å². The molecule has 1 aromatic carbocycles. The number of hydrogen-bond donors (Lipinski definition) is 1. The van der Waals surface area contributed by atoms with Crippen LogP contribution in [0.5, 0.6) is 0 Å². The fourth-order valence-electron chi connectivity index (χ4n) is 2.11. The average Bonchev–Trinajstić information content (AvgIpc) is 2.04. The lowest BCUT2D eigenvalue weighted by atomic mass is 9.79. The lowest BCUT2D eigenvalue weighted by Crippen LogP contribution is -2.17. The van der Waals surface area contributed by atoms with Crippen molar-refractivity contribution in [2.45, 2.75) is 64.2 Å². The van der Waals surface area contributed by atoms with Crippen LogP contribution in [-0.2, 0) is 10.8 Å². The van der Waals surface area contributed by atoms with Crippen molar-refractivity contribution in [3.63, 3.8) is 0 Å². The number of aryl methyl sites for hydroxylation is 1. The highest BCUT2D eigenvalue weighted by molar-refractivity contribution is 7.80. The zero-order chi connectivity index (χ0) is 12.7. The van der Waals surface area contributed by atoms with Gasteiger partial charge in [-0.1, -0.05) is 47.6 Å². The maximum Gasteiger partial charge on any atom is 0.00805 e. The summed E-state index contributed by atoms with van der Waals surface area (Å²) in [6.45, 7) is 15.6. The molecular formula is C15H24S. The Morgan fingerprint density at radius 1 is 0.812 bits per heavy atom. The van der Waals surface area contributed by atoms with E-state index in [-0.39, 0.29) is 10.8 Å². The minimum atomic E-state index is 0.165. The van der Waals surface area contributed by atoms with Gasteiger partial charge in [-0.05, 0) is 40.5 Å². The Morgan fingerprint density at radius 2 is 1.25 bits per heavy atom. The van der Waals surface area contributed by atoms with E-state index in [1.807, 2.05) is 0 Å².